The van der Waals surface area contributed by atoms with Crippen LogP contribution in [0.15, 0.2) is 18.2 Å². The minimum Gasteiger partial charge on any atom is -0.497 e. The lowest BCUT2D eigenvalue weighted by Crippen LogP contribution is -2.25. The zero-order valence-corrected chi connectivity index (χ0v) is 10.6. The summed E-state index contributed by atoms with van der Waals surface area (Å²) in [5, 5.41) is 0. The van der Waals surface area contributed by atoms with Crippen molar-refractivity contribution >= 4 is 0 Å². The van der Waals surface area contributed by atoms with Gasteiger partial charge < -0.3 is 15.2 Å². The lowest BCUT2D eigenvalue weighted by atomic mass is 9.81. The molecule has 1 aromatic carbocycles. The van der Waals surface area contributed by atoms with Crippen molar-refractivity contribution < 1.29 is 9.47 Å². The molecular formula is C14H21NO2. The van der Waals surface area contributed by atoms with Crippen LogP contribution in [0.25, 0.3) is 0 Å². The molecule has 0 unspecified atom stereocenters. The van der Waals surface area contributed by atoms with Crippen molar-refractivity contribution in [3.63, 3.8) is 0 Å². The quantitative estimate of drug-likeness (QED) is 0.876. The number of nitrogens with two attached hydrogens (primary N) is 1. The normalized spacial score (nSPS) is 24.4. The zero-order chi connectivity index (χ0) is 12.3. The highest BCUT2D eigenvalue weighted by atomic mass is 16.5. The van der Waals surface area contributed by atoms with Gasteiger partial charge in [0.1, 0.15) is 11.5 Å². The highest BCUT2D eigenvalue weighted by Gasteiger charge is 2.23. The van der Waals surface area contributed by atoms with Gasteiger partial charge in [-0.05, 0) is 49.8 Å². The highest BCUT2D eigenvalue weighted by Crippen LogP contribution is 2.38. The molecule has 1 saturated carbocycles. The van der Waals surface area contributed by atoms with Crippen molar-refractivity contribution in [1.29, 1.82) is 0 Å². The van der Waals surface area contributed by atoms with Crippen LogP contribution in [0, 0.1) is 0 Å². The summed E-state index contributed by atoms with van der Waals surface area (Å²) in [6.07, 6.45) is 4.49. The van der Waals surface area contributed by atoms with Crippen LogP contribution in [0.4, 0.5) is 0 Å². The van der Waals surface area contributed by atoms with Gasteiger partial charge in [0.2, 0.25) is 0 Å². The van der Waals surface area contributed by atoms with E-state index in [0.29, 0.717) is 12.0 Å². The first-order valence-electron chi connectivity index (χ1n) is 6.22. The predicted molar refractivity (Wildman–Crippen MR) is 68.7 cm³/mol. The molecule has 1 fully saturated rings. The predicted octanol–water partition coefficient (Wildman–Crippen LogP) is 2.69. The van der Waals surface area contributed by atoms with Crippen LogP contribution in [0.2, 0.25) is 0 Å². The standard InChI is InChI=1S/C14H21NO2/c1-16-12-7-8-14(17-2)13(9-12)10-3-5-11(15)6-4-10/h7-11H,3-6,15H2,1-2H3. The molecule has 0 radical (unpaired) electrons. The molecule has 94 valence electrons. The van der Waals surface area contributed by atoms with Crippen LogP contribution >= 0.6 is 0 Å². The summed E-state index contributed by atoms with van der Waals surface area (Å²) in [6, 6.07) is 6.41. The summed E-state index contributed by atoms with van der Waals surface area (Å²) in [5.74, 6) is 2.42. The number of rotatable bonds is 3. The molecule has 0 bridgehead atoms. The molecule has 0 heterocycles. The molecule has 0 amide bonds. The van der Waals surface area contributed by atoms with Gasteiger partial charge in [-0.1, -0.05) is 0 Å². The zero-order valence-electron chi connectivity index (χ0n) is 10.6. The third-order valence-corrected chi connectivity index (χ3v) is 3.65. The van der Waals surface area contributed by atoms with Gasteiger partial charge in [-0.25, -0.2) is 0 Å². The molecule has 0 spiro atoms. The molecule has 3 nitrogen and oxygen atoms in total. The molecule has 2 rings (SSSR count). The van der Waals surface area contributed by atoms with Crippen LogP contribution in [0.5, 0.6) is 11.5 Å². The van der Waals surface area contributed by atoms with Crippen molar-refractivity contribution in [2.75, 3.05) is 14.2 Å². The van der Waals surface area contributed by atoms with Gasteiger partial charge in [0.15, 0.2) is 0 Å². The van der Waals surface area contributed by atoms with Crippen molar-refractivity contribution in [3.05, 3.63) is 23.8 Å². The lowest BCUT2D eigenvalue weighted by Gasteiger charge is -2.27. The Morgan fingerprint density at radius 1 is 1.06 bits per heavy atom. The van der Waals surface area contributed by atoms with E-state index in [1.165, 1.54) is 5.56 Å². The van der Waals surface area contributed by atoms with Crippen LogP contribution in [0.1, 0.15) is 37.2 Å². The van der Waals surface area contributed by atoms with E-state index in [1.54, 1.807) is 14.2 Å². The second-order valence-electron chi connectivity index (χ2n) is 4.72. The van der Waals surface area contributed by atoms with Gasteiger partial charge in [-0.3, -0.25) is 0 Å². The fraction of sp³-hybridized carbons (Fsp3) is 0.571. The fourth-order valence-corrected chi connectivity index (χ4v) is 2.59. The molecule has 2 N–H and O–H groups in total. The molecule has 17 heavy (non-hydrogen) atoms. The van der Waals surface area contributed by atoms with E-state index >= 15 is 0 Å². The second-order valence-corrected chi connectivity index (χ2v) is 4.72. The average Bonchev–Trinajstić information content (AvgIpc) is 2.39. The number of benzene rings is 1. The van der Waals surface area contributed by atoms with E-state index < -0.39 is 0 Å². The first-order chi connectivity index (χ1) is 8.24. The van der Waals surface area contributed by atoms with Crippen LogP contribution in [-0.4, -0.2) is 20.3 Å². The van der Waals surface area contributed by atoms with Gasteiger partial charge in [0.05, 0.1) is 14.2 Å². The molecule has 1 aliphatic rings. The molecular weight excluding hydrogens is 214 g/mol. The topological polar surface area (TPSA) is 44.5 Å². The number of hydrogen-bond acceptors (Lipinski definition) is 3. The lowest BCUT2D eigenvalue weighted by molar-refractivity contribution is 0.364. The average molecular weight is 235 g/mol. The fourth-order valence-electron chi connectivity index (χ4n) is 2.59. The smallest absolute Gasteiger partial charge is 0.122 e. The van der Waals surface area contributed by atoms with E-state index in [2.05, 4.69) is 6.07 Å². The van der Waals surface area contributed by atoms with Crippen molar-refractivity contribution in [2.24, 2.45) is 5.73 Å². The molecule has 0 atom stereocenters. The summed E-state index contributed by atoms with van der Waals surface area (Å²) in [4.78, 5) is 0. The maximum atomic E-state index is 5.95. The van der Waals surface area contributed by atoms with E-state index in [1.807, 2.05) is 12.1 Å². The Kier molecular flexibility index (Phi) is 3.89. The third kappa shape index (κ3) is 2.72. The Bertz CT molecular complexity index is 370. The Balaban J connectivity index is 2.23. The summed E-state index contributed by atoms with van der Waals surface area (Å²) < 4.78 is 10.7. The highest BCUT2D eigenvalue weighted by molar-refractivity contribution is 5.42. The molecule has 0 aromatic heterocycles. The number of methoxy groups -OCH3 is 2. The monoisotopic (exact) mass is 235 g/mol. The van der Waals surface area contributed by atoms with Gasteiger partial charge in [-0.2, -0.15) is 0 Å². The van der Waals surface area contributed by atoms with E-state index in [4.69, 9.17) is 15.2 Å². The van der Waals surface area contributed by atoms with Crippen LogP contribution < -0.4 is 15.2 Å². The Labute approximate surface area is 103 Å². The molecule has 0 saturated heterocycles. The maximum absolute atomic E-state index is 5.95. The molecule has 1 aromatic rings. The Hall–Kier alpha value is -1.22. The largest absolute Gasteiger partial charge is 0.497 e. The van der Waals surface area contributed by atoms with Gasteiger partial charge in [-0.15, -0.1) is 0 Å². The van der Waals surface area contributed by atoms with Crippen molar-refractivity contribution in [1.82, 2.24) is 0 Å². The first kappa shape index (κ1) is 12.2. The van der Waals surface area contributed by atoms with Crippen LogP contribution in [-0.2, 0) is 0 Å². The summed E-state index contributed by atoms with van der Waals surface area (Å²) in [6.45, 7) is 0. The van der Waals surface area contributed by atoms with E-state index in [9.17, 15) is 0 Å². The van der Waals surface area contributed by atoms with E-state index in [-0.39, 0.29) is 0 Å². The van der Waals surface area contributed by atoms with Crippen LogP contribution in [0.3, 0.4) is 0 Å². The van der Waals surface area contributed by atoms with Crippen molar-refractivity contribution in [3.8, 4) is 11.5 Å². The SMILES string of the molecule is COc1ccc(OC)c(C2CCC(N)CC2)c1. The second kappa shape index (κ2) is 5.41. The minimum absolute atomic E-state index is 0.378. The minimum atomic E-state index is 0.378. The summed E-state index contributed by atoms with van der Waals surface area (Å²) >= 11 is 0. The number of hydrogen-bond donors (Lipinski definition) is 1. The van der Waals surface area contributed by atoms with Crippen molar-refractivity contribution in [2.45, 2.75) is 37.6 Å². The maximum Gasteiger partial charge on any atom is 0.122 e. The first-order valence-corrected chi connectivity index (χ1v) is 6.22. The van der Waals surface area contributed by atoms with E-state index in [0.717, 1.165) is 37.2 Å². The Morgan fingerprint density at radius 2 is 1.76 bits per heavy atom. The molecule has 1 aliphatic carbocycles. The summed E-state index contributed by atoms with van der Waals surface area (Å²) in [7, 11) is 3.42. The third-order valence-electron chi connectivity index (χ3n) is 3.65. The molecule has 0 aliphatic heterocycles. The summed E-state index contributed by atoms with van der Waals surface area (Å²) in [5.41, 5.74) is 7.21. The van der Waals surface area contributed by atoms with Gasteiger partial charge in [0.25, 0.3) is 0 Å². The number of ether oxygens (including phenoxy) is 2. The van der Waals surface area contributed by atoms with Gasteiger partial charge >= 0.3 is 0 Å². The Morgan fingerprint density at radius 3 is 2.35 bits per heavy atom. The van der Waals surface area contributed by atoms with Gasteiger partial charge in [0, 0.05) is 11.6 Å². The molecule has 3 heteroatoms.